The molecule has 1 amide bonds. The van der Waals surface area contributed by atoms with Crippen LogP contribution in [0.15, 0.2) is 4.52 Å². The second-order valence-corrected chi connectivity index (χ2v) is 4.52. The molecule has 2 rings (SSSR count). The van der Waals surface area contributed by atoms with Gasteiger partial charge < -0.3 is 15.6 Å². The van der Waals surface area contributed by atoms with Gasteiger partial charge in [0, 0.05) is 19.0 Å². The van der Waals surface area contributed by atoms with Gasteiger partial charge in [0.25, 0.3) is 11.7 Å². The molecule has 6 nitrogen and oxygen atoms in total. The summed E-state index contributed by atoms with van der Waals surface area (Å²) < 4.78 is 4.77. The predicted molar refractivity (Wildman–Crippen MR) is 61.3 cm³/mol. The van der Waals surface area contributed by atoms with Crippen molar-refractivity contribution in [1.82, 2.24) is 15.5 Å². The zero-order chi connectivity index (χ0) is 12.3. The Balaban J connectivity index is 1.97. The van der Waals surface area contributed by atoms with Crippen LogP contribution < -0.4 is 11.1 Å². The molecule has 0 spiro atoms. The molecule has 1 saturated carbocycles. The Hall–Kier alpha value is -1.43. The largest absolute Gasteiger partial charge is 0.345 e. The number of aryl methyl sites for hydroxylation is 1. The average Bonchev–Trinajstić information content (AvgIpc) is 2.63. The van der Waals surface area contributed by atoms with Crippen LogP contribution in [0.2, 0.25) is 0 Å². The minimum atomic E-state index is -0.302. The van der Waals surface area contributed by atoms with Gasteiger partial charge in [-0.25, -0.2) is 0 Å². The van der Waals surface area contributed by atoms with Crippen molar-refractivity contribution < 1.29 is 9.32 Å². The van der Waals surface area contributed by atoms with E-state index >= 15 is 0 Å². The fourth-order valence-electron chi connectivity index (χ4n) is 2.14. The highest BCUT2D eigenvalue weighted by molar-refractivity contribution is 5.90. The van der Waals surface area contributed by atoms with Crippen molar-refractivity contribution in [2.45, 2.75) is 51.1 Å². The van der Waals surface area contributed by atoms with E-state index in [0.29, 0.717) is 5.89 Å². The summed E-state index contributed by atoms with van der Waals surface area (Å²) >= 11 is 0. The maximum absolute atomic E-state index is 11.8. The van der Waals surface area contributed by atoms with Gasteiger partial charge in [-0.05, 0) is 12.8 Å². The third-order valence-electron chi connectivity index (χ3n) is 3.12. The van der Waals surface area contributed by atoms with Gasteiger partial charge in [-0.3, -0.25) is 4.79 Å². The summed E-state index contributed by atoms with van der Waals surface area (Å²) in [4.78, 5) is 15.7. The number of carbonyl (C=O) groups excluding carboxylic acids is 1. The van der Waals surface area contributed by atoms with E-state index in [1.807, 2.05) is 0 Å². The molecular weight excluding hydrogens is 220 g/mol. The molecular formula is C11H18N4O2. The van der Waals surface area contributed by atoms with E-state index in [-0.39, 0.29) is 23.8 Å². The highest BCUT2D eigenvalue weighted by Gasteiger charge is 2.24. The second-order valence-electron chi connectivity index (χ2n) is 4.52. The van der Waals surface area contributed by atoms with E-state index in [2.05, 4.69) is 15.5 Å². The Labute approximate surface area is 99.9 Å². The summed E-state index contributed by atoms with van der Waals surface area (Å²) in [5, 5.41) is 6.48. The van der Waals surface area contributed by atoms with E-state index in [0.717, 1.165) is 25.7 Å². The van der Waals surface area contributed by atoms with Gasteiger partial charge >= 0.3 is 0 Å². The van der Waals surface area contributed by atoms with Gasteiger partial charge in [-0.15, -0.1) is 0 Å². The summed E-state index contributed by atoms with van der Waals surface area (Å²) in [6, 6.07) is 0.0401. The van der Waals surface area contributed by atoms with E-state index in [1.165, 1.54) is 6.42 Å². The van der Waals surface area contributed by atoms with E-state index in [1.54, 1.807) is 6.92 Å². The molecule has 2 atom stereocenters. The van der Waals surface area contributed by atoms with Gasteiger partial charge in [-0.2, -0.15) is 4.98 Å². The third-order valence-corrected chi connectivity index (χ3v) is 3.12. The summed E-state index contributed by atoms with van der Waals surface area (Å²) in [5.74, 6) is 0.170. The summed E-state index contributed by atoms with van der Waals surface area (Å²) in [6.07, 6.45) is 5.29. The lowest BCUT2D eigenvalue weighted by atomic mass is 10.0. The van der Waals surface area contributed by atoms with Crippen LogP contribution >= 0.6 is 0 Å². The Morgan fingerprint density at radius 1 is 1.41 bits per heavy atom. The van der Waals surface area contributed by atoms with Crippen LogP contribution in [0.25, 0.3) is 0 Å². The molecule has 0 aliphatic heterocycles. The predicted octanol–water partition coefficient (Wildman–Crippen LogP) is 0.768. The molecule has 17 heavy (non-hydrogen) atoms. The van der Waals surface area contributed by atoms with Crippen molar-refractivity contribution >= 4 is 5.91 Å². The molecule has 1 heterocycles. The molecule has 1 aliphatic carbocycles. The van der Waals surface area contributed by atoms with Crippen LogP contribution in [0.1, 0.15) is 48.6 Å². The molecule has 0 aromatic carbocycles. The van der Waals surface area contributed by atoms with Gasteiger partial charge in [0.05, 0.1) is 0 Å². The Kier molecular flexibility index (Phi) is 3.73. The first kappa shape index (κ1) is 12.0. The van der Waals surface area contributed by atoms with Crippen LogP contribution in [0, 0.1) is 6.92 Å². The minimum absolute atomic E-state index is 0.0174. The molecule has 1 aromatic rings. The number of nitrogens with two attached hydrogens (primary N) is 1. The molecule has 0 saturated heterocycles. The summed E-state index contributed by atoms with van der Waals surface area (Å²) in [7, 11) is 0. The van der Waals surface area contributed by atoms with Gasteiger partial charge in [0.2, 0.25) is 5.89 Å². The Bertz CT molecular complexity index is 391. The number of nitrogens with zero attached hydrogens (tertiary/aromatic N) is 2. The normalized spacial score (nSPS) is 25.3. The summed E-state index contributed by atoms with van der Waals surface area (Å²) in [6.45, 7) is 1.65. The monoisotopic (exact) mass is 238 g/mol. The first-order valence-electron chi connectivity index (χ1n) is 6.03. The fourth-order valence-corrected chi connectivity index (χ4v) is 2.14. The number of carbonyl (C=O) groups is 1. The number of rotatable bonds is 2. The Morgan fingerprint density at radius 2 is 2.18 bits per heavy atom. The van der Waals surface area contributed by atoms with Crippen LogP contribution in [-0.4, -0.2) is 28.1 Å². The standard InChI is InChI=1S/C11H18N4O2/c1-7-13-10(15-17-7)11(16)14-9-6-4-2-3-5-8(9)12/h8-9H,2-6,12H2,1H3,(H,14,16). The van der Waals surface area contributed by atoms with Crippen LogP contribution in [0.3, 0.4) is 0 Å². The molecule has 0 bridgehead atoms. The zero-order valence-corrected chi connectivity index (χ0v) is 9.98. The first-order chi connectivity index (χ1) is 8.16. The molecule has 6 heteroatoms. The number of amides is 1. The lowest BCUT2D eigenvalue weighted by Crippen LogP contribution is -2.47. The maximum atomic E-state index is 11.8. The fraction of sp³-hybridized carbons (Fsp3) is 0.727. The quantitative estimate of drug-likeness (QED) is 0.742. The molecule has 1 aliphatic rings. The number of hydrogen-bond donors (Lipinski definition) is 2. The van der Waals surface area contributed by atoms with Crippen LogP contribution in [0.5, 0.6) is 0 Å². The molecule has 3 N–H and O–H groups in total. The van der Waals surface area contributed by atoms with Crippen molar-refractivity contribution in [2.75, 3.05) is 0 Å². The van der Waals surface area contributed by atoms with Gasteiger partial charge in [-0.1, -0.05) is 24.4 Å². The van der Waals surface area contributed by atoms with Crippen LogP contribution in [-0.2, 0) is 0 Å². The van der Waals surface area contributed by atoms with Gasteiger partial charge in [0.15, 0.2) is 0 Å². The Morgan fingerprint density at radius 3 is 2.88 bits per heavy atom. The van der Waals surface area contributed by atoms with E-state index < -0.39 is 0 Å². The molecule has 1 aromatic heterocycles. The molecule has 0 radical (unpaired) electrons. The molecule has 1 fully saturated rings. The van der Waals surface area contributed by atoms with Crippen molar-refractivity contribution in [1.29, 1.82) is 0 Å². The number of aromatic nitrogens is 2. The minimum Gasteiger partial charge on any atom is -0.345 e. The van der Waals surface area contributed by atoms with E-state index in [9.17, 15) is 4.79 Å². The van der Waals surface area contributed by atoms with E-state index in [4.69, 9.17) is 10.3 Å². The lowest BCUT2D eigenvalue weighted by Gasteiger charge is -2.21. The van der Waals surface area contributed by atoms with Crippen molar-refractivity contribution in [3.05, 3.63) is 11.7 Å². The maximum Gasteiger partial charge on any atom is 0.292 e. The highest BCUT2D eigenvalue weighted by Crippen LogP contribution is 2.16. The number of nitrogens with one attached hydrogen (secondary N) is 1. The second kappa shape index (κ2) is 5.27. The first-order valence-corrected chi connectivity index (χ1v) is 6.03. The number of hydrogen-bond acceptors (Lipinski definition) is 5. The SMILES string of the molecule is Cc1nc(C(=O)NC2CCCCCC2N)no1. The smallest absolute Gasteiger partial charge is 0.292 e. The van der Waals surface area contributed by atoms with Crippen molar-refractivity contribution in [3.63, 3.8) is 0 Å². The topological polar surface area (TPSA) is 94.0 Å². The van der Waals surface area contributed by atoms with Gasteiger partial charge in [0.1, 0.15) is 0 Å². The summed E-state index contributed by atoms with van der Waals surface area (Å²) in [5.41, 5.74) is 6.03. The third kappa shape index (κ3) is 3.03. The molecule has 94 valence electrons. The highest BCUT2D eigenvalue weighted by atomic mass is 16.5. The van der Waals surface area contributed by atoms with Crippen molar-refractivity contribution in [3.8, 4) is 0 Å². The molecule has 2 unspecified atom stereocenters. The van der Waals surface area contributed by atoms with Crippen molar-refractivity contribution in [2.24, 2.45) is 5.73 Å². The zero-order valence-electron chi connectivity index (χ0n) is 9.98. The average molecular weight is 238 g/mol. The lowest BCUT2D eigenvalue weighted by molar-refractivity contribution is 0.0915. The van der Waals surface area contributed by atoms with Crippen LogP contribution in [0.4, 0.5) is 0 Å².